The summed E-state index contributed by atoms with van der Waals surface area (Å²) in [4.78, 5) is 24.4. The second kappa shape index (κ2) is 9.13. The molecule has 11 heteroatoms. The molecule has 0 unspecified atom stereocenters. The van der Waals surface area contributed by atoms with Crippen LogP contribution in [0.15, 0.2) is 51.7 Å². The zero-order chi connectivity index (χ0) is 23.6. The molecule has 0 saturated carbocycles. The van der Waals surface area contributed by atoms with Gasteiger partial charge in [0.05, 0.1) is 35.2 Å². The first-order valence-electron chi connectivity index (χ1n) is 9.31. The summed E-state index contributed by atoms with van der Waals surface area (Å²) in [5, 5.41) is 2.83. The van der Waals surface area contributed by atoms with Gasteiger partial charge in [-0.1, -0.05) is 18.2 Å². The van der Waals surface area contributed by atoms with Crippen molar-refractivity contribution in [3.8, 4) is 0 Å². The number of nitrogens with one attached hydrogen (secondary N) is 1. The largest absolute Gasteiger partial charge is 0.501 e. The number of halogens is 3. The van der Waals surface area contributed by atoms with Crippen LogP contribution in [0.3, 0.4) is 0 Å². The molecule has 0 saturated heterocycles. The number of rotatable bonds is 6. The lowest BCUT2D eigenvalue weighted by Crippen LogP contribution is -2.34. The molecule has 1 aliphatic rings. The number of esters is 2. The van der Waals surface area contributed by atoms with Gasteiger partial charge in [-0.15, -0.1) is 0 Å². The van der Waals surface area contributed by atoms with Gasteiger partial charge >= 0.3 is 17.4 Å². The average molecular weight is 461 g/mol. The molecule has 1 aliphatic heterocycles. The first kappa shape index (κ1) is 24.4. The smallest absolute Gasteiger partial charge is 0.463 e. The zero-order valence-electron chi connectivity index (χ0n) is 17.3. The van der Waals surface area contributed by atoms with E-state index < -0.39 is 38.1 Å². The highest BCUT2D eigenvalue weighted by atomic mass is 32.2. The van der Waals surface area contributed by atoms with Crippen LogP contribution in [0.4, 0.5) is 13.2 Å². The predicted molar refractivity (Wildman–Crippen MR) is 104 cm³/mol. The van der Waals surface area contributed by atoms with Gasteiger partial charge in [-0.2, -0.15) is 13.2 Å². The van der Waals surface area contributed by atoms with E-state index in [0.29, 0.717) is 0 Å². The van der Waals surface area contributed by atoms with E-state index in [4.69, 9.17) is 9.47 Å². The summed E-state index contributed by atoms with van der Waals surface area (Å²) in [5.74, 6) is -3.25. The fourth-order valence-corrected chi connectivity index (χ4v) is 4.36. The molecule has 170 valence electrons. The summed E-state index contributed by atoms with van der Waals surface area (Å²) in [5.41, 5.74) is -5.89. The highest BCUT2D eigenvalue weighted by molar-refractivity contribution is 7.92. The molecule has 0 aliphatic carbocycles. The number of allylic oxidation sites excluding steroid dienone is 2. The molecule has 1 aromatic rings. The molecule has 1 N–H and O–H groups in total. The number of hydrogen-bond donors (Lipinski definition) is 1. The molecule has 0 atom stereocenters. The van der Waals surface area contributed by atoms with Crippen molar-refractivity contribution >= 4 is 21.8 Å². The highest BCUT2D eigenvalue weighted by Gasteiger charge is 2.50. The second-order valence-corrected chi connectivity index (χ2v) is 8.47. The van der Waals surface area contributed by atoms with E-state index in [1.165, 1.54) is 33.8 Å². The maximum Gasteiger partial charge on any atom is 0.501 e. The van der Waals surface area contributed by atoms with Crippen molar-refractivity contribution in [3.63, 3.8) is 0 Å². The first-order chi connectivity index (χ1) is 14.4. The molecular formula is C20H22F3NO6S. The van der Waals surface area contributed by atoms with Gasteiger partial charge in [0.25, 0.3) is 9.84 Å². The SMILES string of the molecule is CCOC(=O)C1=C(C)NC(C)=C(C(=O)OCC)C1c1ccccc1S(=O)(=O)C(F)(F)F. The number of hydrogen-bond acceptors (Lipinski definition) is 7. The Bertz CT molecular complexity index is 1020. The van der Waals surface area contributed by atoms with Crippen LogP contribution in [0.5, 0.6) is 0 Å². The molecule has 7 nitrogen and oxygen atoms in total. The van der Waals surface area contributed by atoms with Crippen molar-refractivity contribution < 1.29 is 40.7 Å². The normalized spacial score (nSPS) is 15.6. The molecule has 0 amide bonds. The standard InChI is InChI=1S/C20H22F3NO6S/c1-5-29-18(25)15-11(3)24-12(4)16(19(26)30-6-2)17(15)13-9-7-8-10-14(13)31(27,28)20(21,22)23/h7-10,17,24H,5-6H2,1-4H3. The minimum atomic E-state index is -5.78. The van der Waals surface area contributed by atoms with E-state index in [2.05, 4.69) is 5.32 Å². The van der Waals surface area contributed by atoms with Gasteiger partial charge in [0.1, 0.15) is 0 Å². The Morgan fingerprint density at radius 1 is 0.968 bits per heavy atom. The lowest BCUT2D eigenvalue weighted by atomic mass is 9.80. The molecule has 0 bridgehead atoms. The third kappa shape index (κ3) is 4.60. The summed E-state index contributed by atoms with van der Waals surface area (Å²) in [7, 11) is -5.78. The Balaban J connectivity index is 2.89. The minimum Gasteiger partial charge on any atom is -0.463 e. The van der Waals surface area contributed by atoms with Gasteiger partial charge in [-0.3, -0.25) is 0 Å². The van der Waals surface area contributed by atoms with Crippen molar-refractivity contribution in [1.29, 1.82) is 0 Å². The van der Waals surface area contributed by atoms with Crippen LogP contribution in [-0.2, 0) is 28.9 Å². The number of carbonyl (C=O) groups excluding carboxylic acids is 2. The van der Waals surface area contributed by atoms with Crippen molar-refractivity contribution in [2.75, 3.05) is 13.2 Å². The summed E-state index contributed by atoms with van der Waals surface area (Å²) in [6.45, 7) is 5.95. The van der Waals surface area contributed by atoms with Crippen molar-refractivity contribution in [2.45, 2.75) is 44.0 Å². The Morgan fingerprint density at radius 2 is 1.42 bits per heavy atom. The van der Waals surface area contributed by atoms with E-state index in [1.54, 1.807) is 0 Å². The highest BCUT2D eigenvalue weighted by Crippen LogP contribution is 2.43. The lowest BCUT2D eigenvalue weighted by molar-refractivity contribution is -0.139. The molecular weight excluding hydrogens is 439 g/mol. The van der Waals surface area contributed by atoms with Crippen LogP contribution >= 0.6 is 0 Å². The summed E-state index contributed by atoms with van der Waals surface area (Å²) < 4.78 is 74.7. The summed E-state index contributed by atoms with van der Waals surface area (Å²) in [6, 6.07) is 4.37. The zero-order valence-corrected chi connectivity index (χ0v) is 18.1. The topological polar surface area (TPSA) is 98.8 Å². The van der Waals surface area contributed by atoms with Gasteiger partial charge in [0.2, 0.25) is 0 Å². The van der Waals surface area contributed by atoms with E-state index >= 15 is 0 Å². The Kier molecular flexibility index (Phi) is 7.20. The monoisotopic (exact) mass is 461 g/mol. The Labute approximate surface area is 177 Å². The maximum atomic E-state index is 13.4. The molecule has 0 radical (unpaired) electrons. The first-order valence-corrected chi connectivity index (χ1v) is 10.8. The van der Waals surface area contributed by atoms with Crippen LogP contribution in [0.25, 0.3) is 0 Å². The molecule has 0 spiro atoms. The Hall–Kier alpha value is -2.82. The van der Waals surface area contributed by atoms with Crippen LogP contribution in [0.2, 0.25) is 0 Å². The number of ether oxygens (including phenoxy) is 2. The predicted octanol–water partition coefficient (Wildman–Crippen LogP) is 3.34. The maximum absolute atomic E-state index is 13.4. The van der Waals surface area contributed by atoms with Gasteiger partial charge in [-0.25, -0.2) is 18.0 Å². The van der Waals surface area contributed by atoms with E-state index in [1.807, 2.05) is 0 Å². The molecule has 1 aromatic carbocycles. The number of sulfone groups is 1. The van der Waals surface area contributed by atoms with Crippen molar-refractivity contribution in [3.05, 3.63) is 52.4 Å². The number of carbonyl (C=O) groups is 2. The fraction of sp³-hybridized carbons (Fsp3) is 0.400. The van der Waals surface area contributed by atoms with Crippen LogP contribution in [0, 0.1) is 0 Å². The average Bonchev–Trinajstić information content (AvgIpc) is 2.66. The number of dihydropyridines is 1. The van der Waals surface area contributed by atoms with Gasteiger partial charge in [-0.05, 0) is 39.3 Å². The second-order valence-electron chi connectivity index (χ2n) is 6.56. The van der Waals surface area contributed by atoms with Gasteiger partial charge < -0.3 is 14.8 Å². The van der Waals surface area contributed by atoms with Crippen molar-refractivity contribution in [1.82, 2.24) is 5.32 Å². The van der Waals surface area contributed by atoms with Crippen LogP contribution < -0.4 is 5.32 Å². The molecule has 1 heterocycles. The molecule has 2 rings (SSSR count). The molecule has 0 aromatic heterocycles. The molecule has 31 heavy (non-hydrogen) atoms. The molecule has 0 fully saturated rings. The number of benzene rings is 1. The van der Waals surface area contributed by atoms with Crippen LogP contribution in [0.1, 0.15) is 39.2 Å². The summed E-state index contributed by atoms with van der Waals surface area (Å²) >= 11 is 0. The minimum absolute atomic E-state index is 0.0394. The van der Waals surface area contributed by atoms with E-state index in [0.717, 1.165) is 18.2 Å². The summed E-state index contributed by atoms with van der Waals surface area (Å²) in [6.07, 6.45) is 0. The third-order valence-corrected chi connectivity index (χ3v) is 6.14. The van der Waals surface area contributed by atoms with Gasteiger partial charge in [0.15, 0.2) is 0 Å². The number of alkyl halides is 3. The Morgan fingerprint density at radius 3 is 1.84 bits per heavy atom. The van der Waals surface area contributed by atoms with E-state index in [-0.39, 0.29) is 41.3 Å². The quantitative estimate of drug-likeness (QED) is 0.649. The van der Waals surface area contributed by atoms with Crippen molar-refractivity contribution in [2.24, 2.45) is 0 Å². The fourth-order valence-electron chi connectivity index (χ4n) is 3.35. The van der Waals surface area contributed by atoms with E-state index in [9.17, 15) is 31.2 Å². The third-order valence-electron chi connectivity index (χ3n) is 4.58. The van der Waals surface area contributed by atoms with Crippen LogP contribution in [-0.4, -0.2) is 39.1 Å². The lowest BCUT2D eigenvalue weighted by Gasteiger charge is -2.31. The van der Waals surface area contributed by atoms with Gasteiger partial charge in [0, 0.05) is 11.4 Å².